The fraction of sp³-hybridized carbons (Fsp3) is 0.812. The zero-order valence-corrected chi connectivity index (χ0v) is 14.9. The first-order valence-corrected chi connectivity index (χ1v) is 9.05. The molecule has 1 fully saturated rings. The Bertz CT molecular complexity index is 485. The fourth-order valence-corrected chi connectivity index (χ4v) is 2.90. The standard InChI is InChI=1S/C16H29F2N7/c1-2-19-16(20-7-3-4-8-25-12-21-22-13-25)23-14-5-9-24(10-6-14)11-15(17)18/h12-15H,2-11H2,1H3,(H2,19,20,23). The van der Waals surface area contributed by atoms with Crippen LogP contribution in [0.25, 0.3) is 0 Å². The summed E-state index contributed by atoms with van der Waals surface area (Å²) in [5.41, 5.74) is 0. The fourth-order valence-electron chi connectivity index (χ4n) is 2.90. The first-order valence-electron chi connectivity index (χ1n) is 9.05. The van der Waals surface area contributed by atoms with E-state index >= 15 is 0 Å². The molecule has 0 spiro atoms. The minimum atomic E-state index is -2.25. The van der Waals surface area contributed by atoms with Crippen LogP contribution >= 0.6 is 0 Å². The Morgan fingerprint density at radius 3 is 2.60 bits per heavy atom. The van der Waals surface area contributed by atoms with Gasteiger partial charge in [-0.25, -0.2) is 8.78 Å². The van der Waals surface area contributed by atoms with Crippen LogP contribution < -0.4 is 10.6 Å². The highest BCUT2D eigenvalue weighted by atomic mass is 19.3. The average Bonchev–Trinajstić information content (AvgIpc) is 3.09. The maximum absolute atomic E-state index is 12.4. The van der Waals surface area contributed by atoms with Gasteiger partial charge in [0.1, 0.15) is 12.7 Å². The molecule has 0 atom stereocenters. The van der Waals surface area contributed by atoms with E-state index in [1.54, 1.807) is 12.7 Å². The summed E-state index contributed by atoms with van der Waals surface area (Å²) >= 11 is 0. The first-order chi connectivity index (χ1) is 12.2. The van der Waals surface area contributed by atoms with E-state index in [2.05, 4.69) is 25.8 Å². The first kappa shape index (κ1) is 19.6. The van der Waals surface area contributed by atoms with Crippen molar-refractivity contribution in [1.82, 2.24) is 30.3 Å². The van der Waals surface area contributed by atoms with Gasteiger partial charge in [-0.05, 0) is 32.6 Å². The van der Waals surface area contributed by atoms with Crippen LogP contribution in [-0.4, -0.2) is 70.8 Å². The highest BCUT2D eigenvalue weighted by Crippen LogP contribution is 2.11. The van der Waals surface area contributed by atoms with Crippen molar-refractivity contribution < 1.29 is 8.78 Å². The molecule has 0 amide bonds. The van der Waals surface area contributed by atoms with Gasteiger partial charge in [-0.2, -0.15) is 0 Å². The number of guanidine groups is 1. The molecule has 1 aliphatic rings. The number of unbranched alkanes of at least 4 members (excludes halogenated alkanes) is 1. The Labute approximate surface area is 147 Å². The number of hydrogen-bond acceptors (Lipinski definition) is 4. The quantitative estimate of drug-likeness (QED) is 0.397. The van der Waals surface area contributed by atoms with Gasteiger partial charge in [0.15, 0.2) is 5.96 Å². The molecular weight excluding hydrogens is 328 g/mol. The third-order valence-corrected chi connectivity index (χ3v) is 4.23. The number of alkyl halides is 2. The van der Waals surface area contributed by atoms with Crippen LogP contribution in [0.2, 0.25) is 0 Å². The molecular formula is C16H29F2N7. The minimum absolute atomic E-state index is 0.118. The molecule has 1 aromatic rings. The molecule has 0 bridgehead atoms. The second-order valence-electron chi connectivity index (χ2n) is 6.28. The molecule has 2 heterocycles. The molecule has 2 rings (SSSR count). The van der Waals surface area contributed by atoms with Gasteiger partial charge in [-0.3, -0.25) is 9.89 Å². The Morgan fingerprint density at radius 2 is 1.96 bits per heavy atom. The van der Waals surface area contributed by atoms with Crippen molar-refractivity contribution in [3.63, 3.8) is 0 Å². The van der Waals surface area contributed by atoms with Gasteiger partial charge in [0.05, 0.1) is 6.54 Å². The lowest BCUT2D eigenvalue weighted by Crippen LogP contribution is -2.49. The number of halogens is 2. The van der Waals surface area contributed by atoms with Crippen LogP contribution in [0.15, 0.2) is 17.6 Å². The van der Waals surface area contributed by atoms with Gasteiger partial charge >= 0.3 is 0 Å². The van der Waals surface area contributed by atoms with Gasteiger partial charge in [-0.15, -0.1) is 10.2 Å². The number of aromatic nitrogens is 3. The smallest absolute Gasteiger partial charge is 0.251 e. The van der Waals surface area contributed by atoms with Crippen LogP contribution in [0.5, 0.6) is 0 Å². The van der Waals surface area contributed by atoms with Crippen LogP contribution in [0.4, 0.5) is 8.78 Å². The lowest BCUT2D eigenvalue weighted by atomic mass is 10.1. The third-order valence-electron chi connectivity index (χ3n) is 4.23. The van der Waals surface area contributed by atoms with E-state index in [1.165, 1.54) is 0 Å². The number of nitrogens with zero attached hydrogens (tertiary/aromatic N) is 5. The summed E-state index contributed by atoms with van der Waals surface area (Å²) in [6.07, 6.45) is 4.93. The van der Waals surface area contributed by atoms with Gasteiger partial charge < -0.3 is 15.2 Å². The predicted molar refractivity (Wildman–Crippen MR) is 93.8 cm³/mol. The van der Waals surface area contributed by atoms with Crippen molar-refractivity contribution >= 4 is 5.96 Å². The Hall–Kier alpha value is -1.77. The van der Waals surface area contributed by atoms with Crippen LogP contribution in [0, 0.1) is 0 Å². The number of piperidine rings is 1. The Morgan fingerprint density at radius 1 is 1.24 bits per heavy atom. The molecule has 0 aliphatic carbocycles. The number of aryl methyl sites for hydroxylation is 1. The largest absolute Gasteiger partial charge is 0.357 e. The minimum Gasteiger partial charge on any atom is -0.357 e. The molecule has 0 aromatic carbocycles. The number of rotatable bonds is 9. The van der Waals surface area contributed by atoms with E-state index in [1.807, 2.05) is 16.4 Å². The van der Waals surface area contributed by atoms with Crippen molar-refractivity contribution in [1.29, 1.82) is 0 Å². The number of hydrogen-bond donors (Lipinski definition) is 2. The summed E-state index contributed by atoms with van der Waals surface area (Å²) in [6, 6.07) is 0.295. The van der Waals surface area contributed by atoms with Crippen molar-refractivity contribution in [2.24, 2.45) is 4.99 Å². The topological polar surface area (TPSA) is 70.4 Å². The zero-order valence-electron chi connectivity index (χ0n) is 14.9. The SMILES string of the molecule is CCNC(=NCCCCn1cnnc1)NC1CCN(CC(F)F)CC1. The van der Waals surface area contributed by atoms with Gasteiger partial charge in [-0.1, -0.05) is 0 Å². The summed E-state index contributed by atoms with van der Waals surface area (Å²) in [6.45, 7) is 5.79. The molecule has 25 heavy (non-hydrogen) atoms. The predicted octanol–water partition coefficient (Wildman–Crippen LogP) is 1.34. The molecule has 0 saturated carbocycles. The van der Waals surface area contributed by atoms with E-state index in [0.717, 1.165) is 51.3 Å². The maximum Gasteiger partial charge on any atom is 0.251 e. The van der Waals surface area contributed by atoms with Gasteiger partial charge in [0, 0.05) is 38.8 Å². The highest BCUT2D eigenvalue weighted by Gasteiger charge is 2.21. The number of nitrogens with one attached hydrogen (secondary N) is 2. The summed E-state index contributed by atoms with van der Waals surface area (Å²) in [7, 11) is 0. The van der Waals surface area contributed by atoms with Gasteiger partial charge in [0.2, 0.25) is 0 Å². The molecule has 7 nitrogen and oxygen atoms in total. The second-order valence-corrected chi connectivity index (χ2v) is 6.28. The molecule has 142 valence electrons. The number of likely N-dealkylation sites (tertiary alicyclic amines) is 1. The normalized spacial score (nSPS) is 17.2. The molecule has 2 N–H and O–H groups in total. The Kier molecular flexibility index (Phi) is 8.58. The van der Waals surface area contributed by atoms with Crippen LogP contribution in [-0.2, 0) is 6.54 Å². The summed E-state index contributed by atoms with van der Waals surface area (Å²) in [4.78, 5) is 6.45. The molecule has 0 radical (unpaired) electrons. The van der Waals surface area contributed by atoms with Crippen molar-refractivity contribution in [3.8, 4) is 0 Å². The van der Waals surface area contributed by atoms with Gasteiger partial charge in [0.25, 0.3) is 6.43 Å². The van der Waals surface area contributed by atoms with E-state index in [9.17, 15) is 8.78 Å². The monoisotopic (exact) mass is 357 g/mol. The molecule has 9 heteroatoms. The lowest BCUT2D eigenvalue weighted by molar-refractivity contribution is 0.0744. The third kappa shape index (κ3) is 7.76. The maximum atomic E-state index is 12.4. The second kappa shape index (κ2) is 11.0. The van der Waals surface area contributed by atoms with Crippen molar-refractivity contribution in [2.75, 3.05) is 32.7 Å². The number of aliphatic imine (C=N–C) groups is 1. The zero-order chi connectivity index (χ0) is 17.9. The van der Waals surface area contributed by atoms with E-state index in [0.29, 0.717) is 19.1 Å². The van der Waals surface area contributed by atoms with Crippen molar-refractivity contribution in [3.05, 3.63) is 12.7 Å². The van der Waals surface area contributed by atoms with E-state index < -0.39 is 6.43 Å². The molecule has 1 aliphatic heterocycles. The average molecular weight is 357 g/mol. The van der Waals surface area contributed by atoms with E-state index in [4.69, 9.17) is 0 Å². The summed E-state index contributed by atoms with van der Waals surface area (Å²) in [5.74, 6) is 0.819. The highest BCUT2D eigenvalue weighted by molar-refractivity contribution is 5.80. The Balaban J connectivity index is 1.67. The van der Waals surface area contributed by atoms with Crippen molar-refractivity contribution in [2.45, 2.75) is 51.6 Å². The molecule has 0 unspecified atom stereocenters. The molecule has 1 aromatic heterocycles. The van der Waals surface area contributed by atoms with Crippen LogP contribution in [0.1, 0.15) is 32.6 Å². The summed E-state index contributed by atoms with van der Waals surface area (Å²) < 4.78 is 26.8. The lowest BCUT2D eigenvalue weighted by Gasteiger charge is -2.32. The summed E-state index contributed by atoms with van der Waals surface area (Å²) in [5, 5.41) is 14.3. The van der Waals surface area contributed by atoms with Crippen LogP contribution in [0.3, 0.4) is 0 Å². The van der Waals surface area contributed by atoms with E-state index in [-0.39, 0.29) is 6.54 Å². The molecule has 1 saturated heterocycles.